The number of benzene rings is 1. The van der Waals surface area contributed by atoms with Gasteiger partial charge in [0.25, 0.3) is 5.91 Å². The van der Waals surface area contributed by atoms with Crippen LogP contribution in [0.3, 0.4) is 0 Å². The number of oxime groups is 1. The molecule has 1 saturated heterocycles. The Kier molecular flexibility index (Phi) is 5.03. The molecule has 1 amide bonds. The Labute approximate surface area is 130 Å². The highest BCUT2D eigenvalue weighted by molar-refractivity contribution is 9.10. The Hall–Kier alpha value is -1.80. The number of carbonyl (C=O) groups excluding carboxylic acids is 1. The molecule has 1 aliphatic rings. The van der Waals surface area contributed by atoms with Crippen LogP contribution in [0.4, 0.5) is 0 Å². The lowest BCUT2D eigenvalue weighted by atomic mass is 10.1. The Morgan fingerprint density at radius 2 is 2.38 bits per heavy atom. The van der Waals surface area contributed by atoms with E-state index < -0.39 is 6.10 Å². The molecule has 1 aromatic carbocycles. The Morgan fingerprint density at radius 1 is 1.62 bits per heavy atom. The zero-order chi connectivity index (χ0) is 15.4. The molecule has 1 heterocycles. The Bertz CT molecular complexity index is 564. The fraction of sp³-hybridized carbons (Fsp3) is 0.385. The summed E-state index contributed by atoms with van der Waals surface area (Å²) >= 11 is 3.34. The average Bonchev–Trinajstić information content (AvgIpc) is 2.53. The number of methoxy groups -OCH3 is 1. The van der Waals surface area contributed by atoms with Gasteiger partial charge in [0.15, 0.2) is 5.84 Å². The van der Waals surface area contributed by atoms with E-state index in [1.807, 2.05) is 0 Å². The maximum Gasteiger partial charge on any atom is 0.257 e. The van der Waals surface area contributed by atoms with Gasteiger partial charge in [-0.1, -0.05) is 21.1 Å². The molecule has 114 valence electrons. The highest BCUT2D eigenvalue weighted by Crippen LogP contribution is 2.25. The number of amides is 1. The first-order valence-electron chi connectivity index (χ1n) is 6.28. The molecule has 1 atom stereocenters. The van der Waals surface area contributed by atoms with Crippen molar-refractivity contribution in [1.29, 1.82) is 0 Å². The van der Waals surface area contributed by atoms with Gasteiger partial charge in [-0.05, 0) is 18.2 Å². The number of nitrogens with zero attached hydrogens (tertiary/aromatic N) is 2. The minimum Gasteiger partial charge on any atom is -0.496 e. The van der Waals surface area contributed by atoms with E-state index in [2.05, 4.69) is 21.1 Å². The number of ether oxygens (including phenoxy) is 2. The maximum absolute atomic E-state index is 12.6. The first-order chi connectivity index (χ1) is 10.1. The molecule has 1 aliphatic heterocycles. The summed E-state index contributed by atoms with van der Waals surface area (Å²) < 4.78 is 11.4. The molecule has 1 unspecified atom stereocenters. The van der Waals surface area contributed by atoms with E-state index >= 15 is 0 Å². The molecule has 1 fully saturated rings. The lowest BCUT2D eigenvalue weighted by Gasteiger charge is -2.32. The van der Waals surface area contributed by atoms with Crippen LogP contribution >= 0.6 is 15.9 Å². The van der Waals surface area contributed by atoms with Crippen LogP contribution in [0.15, 0.2) is 27.8 Å². The molecule has 21 heavy (non-hydrogen) atoms. The predicted octanol–water partition coefficient (Wildman–Crippen LogP) is 1.05. The number of hydrogen-bond acceptors (Lipinski definition) is 5. The van der Waals surface area contributed by atoms with Crippen LogP contribution in [0.25, 0.3) is 0 Å². The lowest BCUT2D eigenvalue weighted by molar-refractivity contribution is 0.00662. The van der Waals surface area contributed by atoms with Crippen LogP contribution < -0.4 is 10.5 Å². The number of morpholine rings is 1. The second kappa shape index (κ2) is 6.77. The lowest BCUT2D eigenvalue weighted by Crippen LogP contribution is -2.50. The summed E-state index contributed by atoms with van der Waals surface area (Å²) in [7, 11) is 1.51. The van der Waals surface area contributed by atoms with E-state index in [9.17, 15) is 4.79 Å². The molecule has 0 spiro atoms. The zero-order valence-electron chi connectivity index (χ0n) is 11.5. The van der Waals surface area contributed by atoms with Gasteiger partial charge in [0.1, 0.15) is 11.9 Å². The van der Waals surface area contributed by atoms with Crippen molar-refractivity contribution in [3.05, 3.63) is 28.2 Å². The van der Waals surface area contributed by atoms with E-state index in [4.69, 9.17) is 20.4 Å². The van der Waals surface area contributed by atoms with Gasteiger partial charge < -0.3 is 25.3 Å². The van der Waals surface area contributed by atoms with Crippen LogP contribution in [-0.2, 0) is 4.74 Å². The van der Waals surface area contributed by atoms with Crippen LogP contribution in [0.1, 0.15) is 10.4 Å². The summed E-state index contributed by atoms with van der Waals surface area (Å²) in [5.74, 6) is 0.259. The molecule has 0 aliphatic carbocycles. The monoisotopic (exact) mass is 357 g/mol. The van der Waals surface area contributed by atoms with Crippen LogP contribution in [0.2, 0.25) is 0 Å². The van der Waals surface area contributed by atoms with Crippen molar-refractivity contribution < 1.29 is 19.5 Å². The van der Waals surface area contributed by atoms with Gasteiger partial charge in [0.05, 0.1) is 25.8 Å². The number of carbonyl (C=O) groups is 1. The summed E-state index contributed by atoms with van der Waals surface area (Å²) in [4.78, 5) is 14.2. The van der Waals surface area contributed by atoms with Crippen molar-refractivity contribution in [1.82, 2.24) is 4.90 Å². The fourth-order valence-electron chi connectivity index (χ4n) is 2.09. The molecule has 1 aromatic rings. The van der Waals surface area contributed by atoms with Gasteiger partial charge in [0.2, 0.25) is 0 Å². The van der Waals surface area contributed by atoms with Gasteiger partial charge in [-0.3, -0.25) is 4.79 Å². The third-order valence-electron chi connectivity index (χ3n) is 3.19. The standard InChI is InChI=1S/C13H16BrN3O4/c1-20-10-6-8(14)2-3-9(10)13(18)17-4-5-21-11(7-17)12(15)16-19/h2-3,6,11,19H,4-5,7H2,1H3,(H2,15,16). The predicted molar refractivity (Wildman–Crippen MR) is 79.7 cm³/mol. The maximum atomic E-state index is 12.6. The molecule has 7 nitrogen and oxygen atoms in total. The van der Waals surface area contributed by atoms with Gasteiger partial charge in [-0.25, -0.2) is 0 Å². The number of hydrogen-bond donors (Lipinski definition) is 2. The summed E-state index contributed by atoms with van der Waals surface area (Å²) in [6.45, 7) is 0.993. The van der Waals surface area contributed by atoms with E-state index in [-0.39, 0.29) is 18.3 Å². The SMILES string of the molecule is COc1cc(Br)ccc1C(=O)N1CCOC(/C(N)=N/O)C1. The summed E-state index contributed by atoms with van der Waals surface area (Å²) in [6.07, 6.45) is -0.603. The van der Waals surface area contributed by atoms with E-state index in [1.165, 1.54) is 7.11 Å². The van der Waals surface area contributed by atoms with Gasteiger partial charge in [-0.2, -0.15) is 0 Å². The van der Waals surface area contributed by atoms with Crippen molar-refractivity contribution in [3.8, 4) is 5.75 Å². The highest BCUT2D eigenvalue weighted by Gasteiger charge is 2.29. The van der Waals surface area contributed by atoms with Crippen molar-refractivity contribution >= 4 is 27.7 Å². The molecule has 0 bridgehead atoms. The Balaban J connectivity index is 2.20. The minimum absolute atomic E-state index is 0.0460. The van der Waals surface area contributed by atoms with E-state index in [0.29, 0.717) is 24.5 Å². The molecule has 8 heteroatoms. The Morgan fingerprint density at radius 3 is 3.05 bits per heavy atom. The number of rotatable bonds is 3. The first-order valence-corrected chi connectivity index (χ1v) is 7.08. The first kappa shape index (κ1) is 15.6. The number of halogens is 1. The molecular formula is C13H16BrN3O4. The third-order valence-corrected chi connectivity index (χ3v) is 3.69. The molecule has 0 aromatic heterocycles. The number of amidine groups is 1. The molecule has 0 radical (unpaired) electrons. The van der Waals surface area contributed by atoms with E-state index in [0.717, 1.165) is 4.47 Å². The topological polar surface area (TPSA) is 97.4 Å². The summed E-state index contributed by atoms with van der Waals surface area (Å²) in [5, 5.41) is 11.6. The highest BCUT2D eigenvalue weighted by atomic mass is 79.9. The normalized spacial score (nSPS) is 19.4. The van der Waals surface area contributed by atoms with Crippen LogP contribution in [0.5, 0.6) is 5.75 Å². The second-order valence-corrected chi connectivity index (χ2v) is 5.40. The largest absolute Gasteiger partial charge is 0.496 e. The van der Waals surface area contributed by atoms with Gasteiger partial charge >= 0.3 is 0 Å². The third kappa shape index (κ3) is 3.45. The quantitative estimate of drug-likeness (QED) is 0.364. The van der Waals surface area contributed by atoms with Crippen molar-refractivity contribution in [2.75, 3.05) is 26.8 Å². The van der Waals surface area contributed by atoms with E-state index in [1.54, 1.807) is 23.1 Å². The molecular weight excluding hydrogens is 342 g/mol. The number of nitrogens with two attached hydrogens (primary N) is 1. The summed E-state index contributed by atoms with van der Waals surface area (Å²) in [6, 6.07) is 5.20. The van der Waals surface area contributed by atoms with Gasteiger partial charge in [0, 0.05) is 11.0 Å². The molecule has 3 N–H and O–H groups in total. The average molecular weight is 358 g/mol. The molecule has 2 rings (SSSR count). The minimum atomic E-state index is -0.603. The smallest absolute Gasteiger partial charge is 0.257 e. The zero-order valence-corrected chi connectivity index (χ0v) is 13.0. The van der Waals surface area contributed by atoms with Crippen LogP contribution in [-0.4, -0.2) is 54.8 Å². The second-order valence-electron chi connectivity index (χ2n) is 4.48. The van der Waals surface area contributed by atoms with Crippen molar-refractivity contribution in [2.24, 2.45) is 10.9 Å². The van der Waals surface area contributed by atoms with Crippen molar-refractivity contribution in [3.63, 3.8) is 0 Å². The fourth-order valence-corrected chi connectivity index (χ4v) is 2.43. The van der Waals surface area contributed by atoms with Gasteiger partial charge in [-0.15, -0.1) is 0 Å². The van der Waals surface area contributed by atoms with Crippen LogP contribution in [0, 0.1) is 0 Å². The summed E-state index contributed by atoms with van der Waals surface area (Å²) in [5.41, 5.74) is 5.99. The van der Waals surface area contributed by atoms with Crippen molar-refractivity contribution in [2.45, 2.75) is 6.10 Å². The molecule has 0 saturated carbocycles.